The molecule has 3 aromatic carbocycles. The Bertz CT molecular complexity index is 800. The van der Waals surface area contributed by atoms with Crippen LogP contribution in [0, 0.1) is 0 Å². The number of benzene rings is 3. The van der Waals surface area contributed by atoms with Gasteiger partial charge in [-0.15, -0.1) is 6.58 Å². The number of nitrogens with two attached hydrogens (primary N) is 1. The van der Waals surface area contributed by atoms with Crippen LogP contribution in [-0.4, -0.2) is 0 Å². The second kappa shape index (κ2) is 5.01. The fourth-order valence-corrected chi connectivity index (χ4v) is 3.11. The van der Waals surface area contributed by atoms with Gasteiger partial charge in [0, 0.05) is 11.1 Å². The lowest BCUT2D eigenvalue weighted by molar-refractivity contribution is 0.968. The van der Waals surface area contributed by atoms with Crippen molar-refractivity contribution in [2.24, 2.45) is 0 Å². The maximum atomic E-state index is 6.17. The van der Waals surface area contributed by atoms with Crippen LogP contribution in [0.25, 0.3) is 21.5 Å². The van der Waals surface area contributed by atoms with E-state index in [0.29, 0.717) is 0 Å². The van der Waals surface area contributed by atoms with Crippen LogP contribution in [0.2, 0.25) is 0 Å². The summed E-state index contributed by atoms with van der Waals surface area (Å²) in [6.07, 6.45) is 4.03. The molecule has 0 heterocycles. The lowest BCUT2D eigenvalue weighted by Crippen LogP contribution is -2.02. The number of hydrogen-bond donors (Lipinski definition) is 1. The molecule has 1 aliphatic rings. The van der Waals surface area contributed by atoms with Gasteiger partial charge in [0.05, 0.1) is 0 Å². The third kappa shape index (κ3) is 1.87. The Kier molecular flexibility index (Phi) is 3.19. The molecule has 0 fully saturated rings. The Morgan fingerprint density at radius 2 is 1.60 bits per heavy atom. The quantitative estimate of drug-likeness (QED) is 0.349. The van der Waals surface area contributed by atoms with Gasteiger partial charge >= 0.3 is 0 Å². The zero-order chi connectivity index (χ0) is 14.1. The predicted molar refractivity (Wildman–Crippen MR) is 89.1 cm³/mol. The van der Waals surface area contributed by atoms with E-state index in [1.54, 1.807) is 6.08 Å². The highest BCUT2D eigenvalue weighted by Gasteiger charge is 2.15. The summed E-state index contributed by atoms with van der Waals surface area (Å²) in [6.45, 7) is 5.25. The second-order valence-electron chi connectivity index (χ2n) is 5.23. The van der Waals surface area contributed by atoms with Crippen molar-refractivity contribution in [2.75, 3.05) is 5.73 Å². The Labute approximate surface area is 119 Å². The molecule has 20 heavy (non-hydrogen) atoms. The molecule has 100 valence electrons. The molecule has 1 nitrogen and oxygen atoms in total. The maximum absolute atomic E-state index is 6.17. The van der Waals surface area contributed by atoms with E-state index >= 15 is 0 Å². The van der Waals surface area contributed by atoms with Gasteiger partial charge < -0.3 is 5.73 Å². The van der Waals surface area contributed by atoms with Gasteiger partial charge in [-0.3, -0.25) is 0 Å². The van der Waals surface area contributed by atoms with E-state index in [1.165, 1.54) is 32.7 Å². The monoisotopic (exact) mass is 261 g/mol. The molecule has 0 saturated heterocycles. The molecule has 0 aliphatic heterocycles. The lowest BCUT2D eigenvalue weighted by Gasteiger charge is -2.19. The van der Waals surface area contributed by atoms with Crippen molar-refractivity contribution in [3.63, 3.8) is 0 Å². The summed E-state index contributed by atoms with van der Waals surface area (Å²) < 4.78 is 0. The Hall–Kier alpha value is -2.28. The maximum Gasteiger partial charge on any atom is 0.0400 e. The average Bonchev–Trinajstić information content (AvgIpc) is 2.47. The van der Waals surface area contributed by atoms with Crippen molar-refractivity contribution in [1.29, 1.82) is 0 Å². The topological polar surface area (TPSA) is 26.0 Å². The van der Waals surface area contributed by atoms with Crippen molar-refractivity contribution >= 4 is 27.2 Å². The predicted octanol–water partition coefficient (Wildman–Crippen LogP) is 4.87. The fourth-order valence-electron chi connectivity index (χ4n) is 3.11. The first kappa shape index (κ1) is 12.7. The van der Waals surface area contributed by atoms with Gasteiger partial charge in [-0.1, -0.05) is 42.5 Å². The van der Waals surface area contributed by atoms with Crippen molar-refractivity contribution < 1.29 is 0 Å². The molecular formula is C19H19N. The van der Waals surface area contributed by atoms with Crippen LogP contribution in [0.4, 0.5) is 5.69 Å². The summed E-state index contributed by atoms with van der Waals surface area (Å²) in [5.41, 5.74) is 9.97. The number of allylic oxidation sites excluding steroid dienone is 1. The summed E-state index contributed by atoms with van der Waals surface area (Å²) in [5.74, 6) is 0. The van der Waals surface area contributed by atoms with Crippen LogP contribution >= 0.6 is 0 Å². The minimum atomic E-state index is 0.897. The van der Waals surface area contributed by atoms with E-state index in [9.17, 15) is 0 Å². The number of aryl methyl sites for hydroxylation is 2. The first-order valence-corrected chi connectivity index (χ1v) is 7.05. The third-order valence-electron chi connectivity index (χ3n) is 3.87. The van der Waals surface area contributed by atoms with Crippen LogP contribution in [0.3, 0.4) is 0 Å². The van der Waals surface area contributed by atoms with Gasteiger partial charge in [0.1, 0.15) is 0 Å². The third-order valence-corrected chi connectivity index (χ3v) is 3.87. The SMILES string of the molecule is C=CC.Nc1cc2cccc3c2c2c(cccc12)CC3. The molecule has 0 saturated carbocycles. The van der Waals surface area contributed by atoms with E-state index in [0.717, 1.165) is 18.5 Å². The molecule has 0 bridgehead atoms. The van der Waals surface area contributed by atoms with Gasteiger partial charge in [0.25, 0.3) is 0 Å². The van der Waals surface area contributed by atoms with Gasteiger partial charge in [-0.2, -0.15) is 0 Å². The molecule has 0 aromatic heterocycles. The largest absolute Gasteiger partial charge is 0.398 e. The summed E-state index contributed by atoms with van der Waals surface area (Å²) in [5, 5.41) is 5.28. The first-order chi connectivity index (χ1) is 9.76. The molecule has 3 aromatic rings. The fraction of sp³-hybridized carbons (Fsp3) is 0.158. The molecule has 1 aliphatic carbocycles. The molecule has 1 heteroatoms. The van der Waals surface area contributed by atoms with E-state index in [2.05, 4.69) is 49.0 Å². The Morgan fingerprint density at radius 3 is 2.30 bits per heavy atom. The second-order valence-corrected chi connectivity index (χ2v) is 5.23. The molecule has 2 N–H and O–H groups in total. The molecule has 0 radical (unpaired) electrons. The smallest absolute Gasteiger partial charge is 0.0400 e. The summed E-state index contributed by atoms with van der Waals surface area (Å²) >= 11 is 0. The average molecular weight is 261 g/mol. The summed E-state index contributed by atoms with van der Waals surface area (Å²) in [4.78, 5) is 0. The van der Waals surface area contributed by atoms with E-state index < -0.39 is 0 Å². The lowest BCUT2D eigenvalue weighted by atomic mass is 9.86. The first-order valence-electron chi connectivity index (χ1n) is 7.05. The standard InChI is InChI=1S/C16H13N.C3H6/c17-14-9-12-5-1-3-10-7-8-11-4-2-6-13(14)16(11)15(10)12;1-3-2/h1-6,9H,7-8,17H2;3H,1H2,2H3. The Morgan fingerprint density at radius 1 is 1.00 bits per heavy atom. The number of rotatable bonds is 0. The van der Waals surface area contributed by atoms with E-state index in [4.69, 9.17) is 5.73 Å². The summed E-state index contributed by atoms with van der Waals surface area (Å²) in [6, 6.07) is 15.1. The molecule has 0 atom stereocenters. The molecule has 4 rings (SSSR count). The summed E-state index contributed by atoms with van der Waals surface area (Å²) in [7, 11) is 0. The highest BCUT2D eigenvalue weighted by atomic mass is 14.6. The zero-order valence-electron chi connectivity index (χ0n) is 11.8. The van der Waals surface area contributed by atoms with Gasteiger partial charge in [0.15, 0.2) is 0 Å². The van der Waals surface area contributed by atoms with Crippen LogP contribution in [-0.2, 0) is 12.8 Å². The minimum absolute atomic E-state index is 0.897. The van der Waals surface area contributed by atoms with E-state index in [1.807, 2.05) is 6.92 Å². The van der Waals surface area contributed by atoms with Crippen molar-refractivity contribution in [2.45, 2.75) is 19.8 Å². The van der Waals surface area contributed by atoms with Crippen molar-refractivity contribution in [1.82, 2.24) is 0 Å². The zero-order valence-corrected chi connectivity index (χ0v) is 11.8. The van der Waals surface area contributed by atoms with Gasteiger partial charge in [-0.25, -0.2) is 0 Å². The van der Waals surface area contributed by atoms with Crippen LogP contribution in [0.5, 0.6) is 0 Å². The molecule has 0 unspecified atom stereocenters. The molecular weight excluding hydrogens is 242 g/mol. The van der Waals surface area contributed by atoms with Crippen LogP contribution in [0.15, 0.2) is 55.1 Å². The van der Waals surface area contributed by atoms with Crippen LogP contribution in [0.1, 0.15) is 18.1 Å². The van der Waals surface area contributed by atoms with Gasteiger partial charge in [0.2, 0.25) is 0 Å². The number of anilines is 1. The van der Waals surface area contributed by atoms with Gasteiger partial charge in [-0.05, 0) is 53.1 Å². The minimum Gasteiger partial charge on any atom is -0.398 e. The molecule has 0 amide bonds. The van der Waals surface area contributed by atoms with E-state index in [-0.39, 0.29) is 0 Å². The van der Waals surface area contributed by atoms with Crippen LogP contribution < -0.4 is 5.73 Å². The number of nitrogen functional groups attached to an aromatic ring is 1. The molecule has 0 spiro atoms. The highest BCUT2D eigenvalue weighted by Crippen LogP contribution is 2.38. The normalized spacial score (nSPS) is 12.2. The highest BCUT2D eigenvalue weighted by molar-refractivity contribution is 6.15. The Balaban J connectivity index is 0.000000373. The van der Waals surface area contributed by atoms with Crippen molar-refractivity contribution in [3.05, 3.63) is 66.2 Å². The van der Waals surface area contributed by atoms with Crippen molar-refractivity contribution in [3.8, 4) is 0 Å². The number of hydrogen-bond acceptors (Lipinski definition) is 1.